The van der Waals surface area contributed by atoms with Crippen molar-refractivity contribution in [3.05, 3.63) is 46.3 Å². The van der Waals surface area contributed by atoms with Gasteiger partial charge in [0.25, 0.3) is 5.56 Å². The molecule has 11 heteroatoms. The lowest BCUT2D eigenvalue weighted by atomic mass is 9.98. The van der Waals surface area contributed by atoms with Crippen LogP contribution < -0.4 is 20.9 Å². The van der Waals surface area contributed by atoms with Crippen molar-refractivity contribution >= 4 is 22.9 Å². The zero-order chi connectivity index (χ0) is 24.2. The first kappa shape index (κ1) is 23.3. The Morgan fingerprint density at radius 3 is 2.94 bits per heavy atom. The summed E-state index contributed by atoms with van der Waals surface area (Å²) in [5, 5.41) is 6.31. The molecule has 1 saturated heterocycles. The molecule has 5 rings (SSSR count). The molecule has 2 aliphatic heterocycles. The van der Waals surface area contributed by atoms with E-state index in [-0.39, 0.29) is 11.5 Å². The van der Waals surface area contributed by atoms with E-state index >= 15 is 0 Å². The van der Waals surface area contributed by atoms with Gasteiger partial charge in [-0.1, -0.05) is 0 Å². The molecule has 1 amide bonds. The Bertz CT molecular complexity index is 1280. The number of anilines is 1. The van der Waals surface area contributed by atoms with Crippen LogP contribution in [0.5, 0.6) is 5.88 Å². The Balaban J connectivity index is 1.15. The molecule has 0 aromatic carbocycles. The maximum absolute atomic E-state index is 12.5. The lowest BCUT2D eigenvalue weighted by Crippen LogP contribution is -2.41. The Morgan fingerprint density at radius 1 is 1.14 bits per heavy atom. The minimum absolute atomic E-state index is 0.00866. The molecule has 2 aliphatic rings. The minimum Gasteiger partial charge on any atom is -0.481 e. The van der Waals surface area contributed by atoms with Crippen molar-refractivity contribution in [2.45, 2.75) is 38.8 Å². The molecule has 5 heterocycles. The number of likely N-dealkylation sites (tertiary alicyclic amines) is 1. The third-order valence-corrected chi connectivity index (χ3v) is 6.63. The van der Waals surface area contributed by atoms with Crippen LogP contribution in [0.15, 0.2) is 29.3 Å². The molecule has 1 atom stereocenters. The highest BCUT2D eigenvalue weighted by atomic mass is 16.5. The second kappa shape index (κ2) is 10.4. The van der Waals surface area contributed by atoms with Crippen molar-refractivity contribution in [1.29, 1.82) is 0 Å². The minimum atomic E-state index is -0.158. The van der Waals surface area contributed by atoms with E-state index < -0.39 is 0 Å². The third-order valence-electron chi connectivity index (χ3n) is 6.63. The zero-order valence-corrected chi connectivity index (χ0v) is 19.9. The average molecular weight is 479 g/mol. The fourth-order valence-corrected chi connectivity index (χ4v) is 4.76. The highest BCUT2D eigenvalue weighted by molar-refractivity contribution is 5.92. The molecule has 0 unspecified atom stereocenters. The van der Waals surface area contributed by atoms with Crippen LogP contribution in [-0.4, -0.2) is 68.6 Å². The van der Waals surface area contributed by atoms with Crippen molar-refractivity contribution in [3.8, 4) is 5.88 Å². The maximum Gasteiger partial charge on any atom is 0.270 e. The van der Waals surface area contributed by atoms with Gasteiger partial charge in [0.05, 0.1) is 19.9 Å². The van der Waals surface area contributed by atoms with Gasteiger partial charge in [-0.05, 0) is 44.3 Å². The Labute approximate surface area is 203 Å². The summed E-state index contributed by atoms with van der Waals surface area (Å²) in [4.78, 5) is 44.1. The van der Waals surface area contributed by atoms with E-state index in [1.54, 1.807) is 17.7 Å². The molecular weight excluding hydrogens is 448 g/mol. The van der Waals surface area contributed by atoms with Gasteiger partial charge in [-0.15, -0.1) is 0 Å². The number of pyridine rings is 1. The number of aromatic nitrogens is 5. The van der Waals surface area contributed by atoms with Gasteiger partial charge in [-0.3, -0.25) is 14.2 Å². The summed E-state index contributed by atoms with van der Waals surface area (Å²) in [5.74, 6) is 2.31. The quantitative estimate of drug-likeness (QED) is 0.487. The molecule has 0 aliphatic carbocycles. The molecule has 3 aromatic heterocycles. The van der Waals surface area contributed by atoms with Crippen LogP contribution in [0.3, 0.4) is 0 Å². The zero-order valence-electron chi connectivity index (χ0n) is 19.9. The predicted octanol–water partition coefficient (Wildman–Crippen LogP) is 0.977. The first-order valence-corrected chi connectivity index (χ1v) is 12.1. The van der Waals surface area contributed by atoms with Gasteiger partial charge in [0, 0.05) is 43.9 Å². The number of aryl methyl sites for hydroxylation is 1. The molecule has 11 nitrogen and oxygen atoms in total. The monoisotopic (exact) mass is 478 g/mol. The van der Waals surface area contributed by atoms with Gasteiger partial charge < -0.3 is 20.3 Å². The summed E-state index contributed by atoms with van der Waals surface area (Å²) in [7, 11) is 1.56. The summed E-state index contributed by atoms with van der Waals surface area (Å²) in [6.45, 7) is 4.71. The lowest BCUT2D eigenvalue weighted by Gasteiger charge is -2.33. The predicted molar refractivity (Wildman–Crippen MR) is 130 cm³/mol. The summed E-state index contributed by atoms with van der Waals surface area (Å²) in [6.07, 6.45) is 6.62. The van der Waals surface area contributed by atoms with Gasteiger partial charge in [-0.25, -0.2) is 15.0 Å². The lowest BCUT2D eigenvalue weighted by molar-refractivity contribution is -0.116. The number of nitrogens with one attached hydrogen (secondary N) is 2. The number of piperidine rings is 1. The number of nitrogens with zero attached hydrogens (tertiary/aromatic N) is 6. The average Bonchev–Trinajstić information content (AvgIpc) is 2.88. The third kappa shape index (κ3) is 5.46. The molecule has 184 valence electrons. The number of hydrogen-bond acceptors (Lipinski definition) is 9. The summed E-state index contributed by atoms with van der Waals surface area (Å²) < 4.78 is 6.91. The van der Waals surface area contributed by atoms with Crippen LogP contribution in [0.1, 0.15) is 30.7 Å². The van der Waals surface area contributed by atoms with Crippen molar-refractivity contribution in [3.63, 3.8) is 0 Å². The first-order valence-electron chi connectivity index (χ1n) is 12.1. The molecule has 0 saturated carbocycles. The van der Waals surface area contributed by atoms with Crippen LogP contribution in [0.2, 0.25) is 0 Å². The largest absolute Gasteiger partial charge is 0.481 e. The summed E-state index contributed by atoms with van der Waals surface area (Å²) in [5.41, 5.74) is 2.06. The highest BCUT2D eigenvalue weighted by Gasteiger charge is 2.21. The maximum atomic E-state index is 12.5. The van der Waals surface area contributed by atoms with E-state index in [1.165, 1.54) is 6.20 Å². The van der Waals surface area contributed by atoms with E-state index in [0.29, 0.717) is 60.5 Å². The van der Waals surface area contributed by atoms with E-state index in [2.05, 4.69) is 35.5 Å². The molecule has 3 aromatic rings. The normalized spacial score (nSPS) is 18.3. The SMILES string of the molecule is COc1ccc2ncc(=O)n(CCN3CCC[C@@H](CNCc4ncc5c(n4)NC(=O)CC5)C3)c2n1. The fraction of sp³-hybridized carbons (Fsp3) is 0.500. The highest BCUT2D eigenvalue weighted by Crippen LogP contribution is 2.20. The van der Waals surface area contributed by atoms with Crippen LogP contribution in [0, 0.1) is 5.92 Å². The van der Waals surface area contributed by atoms with Crippen LogP contribution in [-0.2, 0) is 24.3 Å². The number of carbonyl (C=O) groups is 1. The second-order valence-electron chi connectivity index (χ2n) is 9.09. The van der Waals surface area contributed by atoms with Crippen LogP contribution in [0.25, 0.3) is 11.2 Å². The molecule has 35 heavy (non-hydrogen) atoms. The number of carbonyl (C=O) groups excluding carboxylic acids is 1. The van der Waals surface area contributed by atoms with Crippen molar-refractivity contribution in [2.24, 2.45) is 5.92 Å². The fourth-order valence-electron chi connectivity index (χ4n) is 4.76. The van der Waals surface area contributed by atoms with E-state index in [9.17, 15) is 9.59 Å². The number of rotatable bonds is 8. The van der Waals surface area contributed by atoms with Gasteiger partial charge in [-0.2, -0.15) is 4.98 Å². The van der Waals surface area contributed by atoms with E-state index in [0.717, 1.165) is 44.6 Å². The first-order chi connectivity index (χ1) is 17.1. The number of hydrogen-bond donors (Lipinski definition) is 2. The van der Waals surface area contributed by atoms with Gasteiger partial charge >= 0.3 is 0 Å². The Kier molecular flexibility index (Phi) is 6.96. The van der Waals surface area contributed by atoms with E-state index in [4.69, 9.17) is 4.74 Å². The van der Waals surface area contributed by atoms with Crippen molar-refractivity contribution in [1.82, 2.24) is 34.7 Å². The van der Waals surface area contributed by atoms with Crippen LogP contribution >= 0.6 is 0 Å². The summed E-state index contributed by atoms with van der Waals surface area (Å²) >= 11 is 0. The van der Waals surface area contributed by atoms with E-state index in [1.807, 2.05) is 12.3 Å². The molecule has 2 N–H and O–H groups in total. The summed E-state index contributed by atoms with van der Waals surface area (Å²) in [6, 6.07) is 3.57. The number of amides is 1. The Hall–Kier alpha value is -3.44. The Morgan fingerprint density at radius 2 is 2.06 bits per heavy atom. The molecule has 0 spiro atoms. The molecule has 1 fully saturated rings. The molecule has 0 radical (unpaired) electrons. The van der Waals surface area contributed by atoms with Gasteiger partial charge in [0.15, 0.2) is 5.65 Å². The van der Waals surface area contributed by atoms with Gasteiger partial charge in [0.1, 0.15) is 17.2 Å². The van der Waals surface area contributed by atoms with Crippen molar-refractivity contribution in [2.75, 3.05) is 38.6 Å². The number of ether oxygens (including phenoxy) is 1. The number of fused-ring (bicyclic) bond motifs is 2. The number of methoxy groups -OCH3 is 1. The molecular formula is C24H30N8O3. The van der Waals surface area contributed by atoms with Crippen molar-refractivity contribution < 1.29 is 9.53 Å². The molecule has 0 bridgehead atoms. The standard InChI is InChI=1S/C24H30N8O3/c1-35-21-7-5-18-24(30-21)32(22(34)14-26-18)10-9-31-8-2-3-16(15-31)11-25-13-19-27-12-17-4-6-20(33)29-23(17)28-19/h5,7,12,14,16,25H,2-4,6,8-11,13,15H2,1H3,(H,27,28,29,33)/t16-/m0/s1. The van der Waals surface area contributed by atoms with Crippen LogP contribution in [0.4, 0.5) is 5.82 Å². The topological polar surface area (TPSA) is 127 Å². The van der Waals surface area contributed by atoms with Gasteiger partial charge in [0.2, 0.25) is 11.8 Å². The second-order valence-corrected chi connectivity index (χ2v) is 9.09. The smallest absolute Gasteiger partial charge is 0.270 e.